The van der Waals surface area contributed by atoms with Crippen LogP contribution in [0.15, 0.2) is 42.5 Å². The SMILES string of the molecule is COc1ccc(NCc2ccccc2C(N)=O)cc1Cl. The molecule has 104 valence electrons. The van der Waals surface area contributed by atoms with E-state index >= 15 is 0 Å². The Morgan fingerprint density at radius 3 is 2.70 bits per heavy atom. The summed E-state index contributed by atoms with van der Waals surface area (Å²) in [6.45, 7) is 0.488. The van der Waals surface area contributed by atoms with Gasteiger partial charge in [0.2, 0.25) is 5.91 Å². The molecule has 0 aliphatic rings. The second-order valence-electron chi connectivity index (χ2n) is 4.22. The topological polar surface area (TPSA) is 64.3 Å². The summed E-state index contributed by atoms with van der Waals surface area (Å²) in [5.41, 5.74) is 7.54. The predicted molar refractivity (Wildman–Crippen MR) is 80.3 cm³/mol. The van der Waals surface area contributed by atoms with Crippen molar-refractivity contribution in [2.24, 2.45) is 5.73 Å². The van der Waals surface area contributed by atoms with Crippen LogP contribution in [-0.4, -0.2) is 13.0 Å². The fourth-order valence-electron chi connectivity index (χ4n) is 1.89. The number of amides is 1. The largest absolute Gasteiger partial charge is 0.495 e. The standard InChI is InChI=1S/C15H15ClN2O2/c1-20-14-7-6-11(8-13(14)16)18-9-10-4-2-3-5-12(10)15(17)19/h2-8,18H,9H2,1H3,(H2,17,19). The monoisotopic (exact) mass is 290 g/mol. The fraction of sp³-hybridized carbons (Fsp3) is 0.133. The molecule has 0 atom stereocenters. The number of ether oxygens (including phenoxy) is 1. The van der Waals surface area contributed by atoms with Crippen LogP contribution in [0.3, 0.4) is 0 Å². The molecule has 0 aliphatic carbocycles. The second-order valence-corrected chi connectivity index (χ2v) is 4.63. The molecule has 0 unspecified atom stereocenters. The minimum atomic E-state index is -0.435. The van der Waals surface area contributed by atoms with Crippen molar-refractivity contribution in [3.63, 3.8) is 0 Å². The van der Waals surface area contributed by atoms with Crippen LogP contribution >= 0.6 is 11.6 Å². The molecular weight excluding hydrogens is 276 g/mol. The van der Waals surface area contributed by atoms with Crippen LogP contribution in [0.5, 0.6) is 5.75 Å². The van der Waals surface area contributed by atoms with Crippen molar-refractivity contribution >= 4 is 23.2 Å². The molecule has 5 heteroatoms. The predicted octanol–water partition coefficient (Wildman–Crippen LogP) is 3.06. The van der Waals surface area contributed by atoms with Crippen molar-refractivity contribution in [2.45, 2.75) is 6.54 Å². The lowest BCUT2D eigenvalue weighted by Crippen LogP contribution is -2.15. The molecule has 0 spiro atoms. The first-order valence-corrected chi connectivity index (χ1v) is 6.44. The number of nitrogens with two attached hydrogens (primary N) is 1. The van der Waals surface area contributed by atoms with Gasteiger partial charge in [0.25, 0.3) is 0 Å². The number of primary amides is 1. The molecule has 0 aliphatic heterocycles. The third kappa shape index (κ3) is 3.22. The third-order valence-corrected chi connectivity index (χ3v) is 3.21. The van der Waals surface area contributed by atoms with Crippen molar-refractivity contribution in [2.75, 3.05) is 12.4 Å². The molecule has 0 fully saturated rings. The Kier molecular flexibility index (Phi) is 4.48. The maximum Gasteiger partial charge on any atom is 0.249 e. The number of nitrogens with one attached hydrogen (secondary N) is 1. The van der Waals surface area contributed by atoms with Gasteiger partial charge in [-0.15, -0.1) is 0 Å². The van der Waals surface area contributed by atoms with Crippen molar-refractivity contribution in [1.29, 1.82) is 0 Å². The number of rotatable bonds is 5. The molecule has 2 aromatic carbocycles. The van der Waals surface area contributed by atoms with Gasteiger partial charge in [-0.3, -0.25) is 4.79 Å². The summed E-state index contributed by atoms with van der Waals surface area (Å²) >= 11 is 6.05. The molecule has 3 N–H and O–H groups in total. The first-order valence-electron chi connectivity index (χ1n) is 6.07. The van der Waals surface area contributed by atoms with E-state index in [2.05, 4.69) is 5.32 Å². The Morgan fingerprint density at radius 2 is 2.05 bits per heavy atom. The quantitative estimate of drug-likeness (QED) is 0.889. The van der Waals surface area contributed by atoms with Gasteiger partial charge in [-0.2, -0.15) is 0 Å². The molecule has 4 nitrogen and oxygen atoms in total. The summed E-state index contributed by atoms with van der Waals surface area (Å²) in [7, 11) is 1.57. The normalized spacial score (nSPS) is 10.1. The molecule has 0 heterocycles. The van der Waals surface area contributed by atoms with Crippen molar-refractivity contribution in [1.82, 2.24) is 0 Å². The van der Waals surface area contributed by atoms with Gasteiger partial charge in [0, 0.05) is 17.8 Å². The van der Waals surface area contributed by atoms with E-state index < -0.39 is 5.91 Å². The molecule has 0 saturated carbocycles. The number of benzene rings is 2. The van der Waals surface area contributed by atoms with E-state index in [1.165, 1.54) is 0 Å². The number of hydrogen-bond donors (Lipinski definition) is 2. The molecule has 0 radical (unpaired) electrons. The van der Waals surface area contributed by atoms with Gasteiger partial charge in [0.05, 0.1) is 12.1 Å². The lowest BCUT2D eigenvalue weighted by molar-refractivity contribution is 0.0999. The molecule has 0 bridgehead atoms. The van der Waals surface area contributed by atoms with Gasteiger partial charge < -0.3 is 15.8 Å². The van der Waals surface area contributed by atoms with E-state index in [0.717, 1.165) is 11.3 Å². The van der Waals surface area contributed by atoms with Gasteiger partial charge in [-0.1, -0.05) is 29.8 Å². The minimum absolute atomic E-state index is 0.435. The highest BCUT2D eigenvalue weighted by Gasteiger charge is 2.07. The van der Waals surface area contributed by atoms with E-state index in [-0.39, 0.29) is 0 Å². The maximum absolute atomic E-state index is 11.3. The molecule has 1 amide bonds. The van der Waals surface area contributed by atoms with Crippen LogP contribution in [0.25, 0.3) is 0 Å². The highest BCUT2D eigenvalue weighted by molar-refractivity contribution is 6.32. The maximum atomic E-state index is 11.3. The molecule has 2 aromatic rings. The number of carbonyl (C=O) groups excluding carboxylic acids is 1. The Hall–Kier alpha value is -2.20. The van der Waals surface area contributed by atoms with E-state index in [4.69, 9.17) is 22.1 Å². The summed E-state index contributed by atoms with van der Waals surface area (Å²) in [5, 5.41) is 3.73. The lowest BCUT2D eigenvalue weighted by atomic mass is 10.1. The Labute approximate surface area is 122 Å². The minimum Gasteiger partial charge on any atom is -0.495 e. The summed E-state index contributed by atoms with van der Waals surface area (Å²) < 4.78 is 5.09. The van der Waals surface area contributed by atoms with Crippen LogP contribution in [0.2, 0.25) is 5.02 Å². The second kappa shape index (κ2) is 6.30. The zero-order valence-electron chi connectivity index (χ0n) is 11.0. The summed E-state index contributed by atoms with van der Waals surface area (Å²) in [4.78, 5) is 11.3. The average Bonchev–Trinajstić information content (AvgIpc) is 2.45. The Morgan fingerprint density at radius 1 is 1.30 bits per heavy atom. The van der Waals surface area contributed by atoms with E-state index in [1.54, 1.807) is 31.4 Å². The van der Waals surface area contributed by atoms with Crippen molar-refractivity contribution in [3.05, 3.63) is 58.6 Å². The van der Waals surface area contributed by atoms with E-state index in [0.29, 0.717) is 22.9 Å². The van der Waals surface area contributed by atoms with Crippen LogP contribution < -0.4 is 15.8 Å². The highest BCUT2D eigenvalue weighted by atomic mass is 35.5. The first-order chi connectivity index (χ1) is 9.61. The molecule has 20 heavy (non-hydrogen) atoms. The van der Waals surface area contributed by atoms with Gasteiger partial charge in [-0.05, 0) is 29.8 Å². The number of halogens is 1. The highest BCUT2D eigenvalue weighted by Crippen LogP contribution is 2.27. The summed E-state index contributed by atoms with van der Waals surface area (Å²) in [5.74, 6) is 0.185. The number of anilines is 1. The molecule has 2 rings (SSSR count). The summed E-state index contributed by atoms with van der Waals surface area (Å²) in [6, 6.07) is 12.6. The van der Waals surface area contributed by atoms with Gasteiger partial charge >= 0.3 is 0 Å². The molecular formula is C15H15ClN2O2. The Balaban J connectivity index is 2.13. The van der Waals surface area contributed by atoms with E-state index in [9.17, 15) is 4.79 Å². The van der Waals surface area contributed by atoms with Crippen LogP contribution in [-0.2, 0) is 6.54 Å². The van der Waals surface area contributed by atoms with Crippen LogP contribution in [0, 0.1) is 0 Å². The Bertz CT molecular complexity index is 629. The first kappa shape index (κ1) is 14.2. The third-order valence-electron chi connectivity index (χ3n) is 2.92. The number of carbonyl (C=O) groups is 1. The van der Waals surface area contributed by atoms with E-state index in [1.807, 2.05) is 18.2 Å². The fourth-order valence-corrected chi connectivity index (χ4v) is 2.15. The lowest BCUT2D eigenvalue weighted by Gasteiger charge is -2.11. The average molecular weight is 291 g/mol. The zero-order valence-corrected chi connectivity index (χ0v) is 11.8. The van der Waals surface area contributed by atoms with Gasteiger partial charge in [-0.25, -0.2) is 0 Å². The molecule has 0 saturated heterocycles. The van der Waals surface area contributed by atoms with Gasteiger partial charge in [0.15, 0.2) is 0 Å². The van der Waals surface area contributed by atoms with Crippen LogP contribution in [0.1, 0.15) is 15.9 Å². The number of methoxy groups -OCH3 is 1. The molecule has 0 aromatic heterocycles. The smallest absolute Gasteiger partial charge is 0.249 e. The summed E-state index contributed by atoms with van der Waals surface area (Å²) in [6.07, 6.45) is 0. The van der Waals surface area contributed by atoms with Gasteiger partial charge in [0.1, 0.15) is 5.75 Å². The zero-order chi connectivity index (χ0) is 14.5. The van der Waals surface area contributed by atoms with Crippen molar-refractivity contribution < 1.29 is 9.53 Å². The van der Waals surface area contributed by atoms with Crippen LogP contribution in [0.4, 0.5) is 5.69 Å². The number of hydrogen-bond acceptors (Lipinski definition) is 3. The van der Waals surface area contributed by atoms with Crippen molar-refractivity contribution in [3.8, 4) is 5.75 Å².